The van der Waals surface area contributed by atoms with E-state index in [4.69, 9.17) is 16.3 Å². The second kappa shape index (κ2) is 6.68. The summed E-state index contributed by atoms with van der Waals surface area (Å²) in [7, 11) is 0. The van der Waals surface area contributed by atoms with Crippen LogP contribution in [0.25, 0.3) is 0 Å². The van der Waals surface area contributed by atoms with Crippen molar-refractivity contribution in [3.8, 4) is 0 Å². The van der Waals surface area contributed by atoms with Crippen molar-refractivity contribution in [1.82, 2.24) is 4.98 Å². The van der Waals surface area contributed by atoms with Gasteiger partial charge in [0.05, 0.1) is 5.56 Å². The predicted octanol–water partition coefficient (Wildman–Crippen LogP) is 3.30. The fourth-order valence-electron chi connectivity index (χ4n) is 1.50. The molecule has 2 aromatic rings. The maximum Gasteiger partial charge on any atom is 0.413 e. The lowest BCUT2D eigenvalue weighted by Crippen LogP contribution is -2.15. The van der Waals surface area contributed by atoms with E-state index in [1.54, 1.807) is 0 Å². The first-order valence-corrected chi connectivity index (χ1v) is 6.16. The maximum atomic E-state index is 11.6. The van der Waals surface area contributed by atoms with Gasteiger partial charge in [0.15, 0.2) is 6.29 Å². The van der Waals surface area contributed by atoms with Crippen LogP contribution in [0.4, 0.5) is 10.6 Å². The van der Waals surface area contributed by atoms with Crippen molar-refractivity contribution in [1.29, 1.82) is 0 Å². The Morgan fingerprint density at radius 2 is 2.00 bits per heavy atom. The quantitative estimate of drug-likeness (QED) is 0.693. The molecular weight excluding hydrogens is 280 g/mol. The molecule has 0 saturated carbocycles. The minimum Gasteiger partial charge on any atom is -0.444 e. The Labute approximate surface area is 120 Å². The molecule has 0 unspecified atom stereocenters. The Morgan fingerprint density at radius 1 is 1.25 bits per heavy atom. The van der Waals surface area contributed by atoms with Crippen LogP contribution in [0.5, 0.6) is 0 Å². The third-order valence-electron chi connectivity index (χ3n) is 2.45. The molecule has 20 heavy (non-hydrogen) atoms. The molecule has 0 aliphatic carbocycles. The number of rotatable bonds is 4. The Kier molecular flexibility index (Phi) is 4.68. The number of anilines is 1. The number of amides is 1. The van der Waals surface area contributed by atoms with Gasteiger partial charge in [-0.25, -0.2) is 9.78 Å². The van der Waals surface area contributed by atoms with Crippen molar-refractivity contribution in [2.24, 2.45) is 0 Å². The topological polar surface area (TPSA) is 68.3 Å². The molecule has 2 rings (SSSR count). The second-order valence-electron chi connectivity index (χ2n) is 3.88. The van der Waals surface area contributed by atoms with E-state index in [0.29, 0.717) is 6.29 Å². The highest BCUT2D eigenvalue weighted by Gasteiger charge is 2.09. The summed E-state index contributed by atoms with van der Waals surface area (Å²) < 4.78 is 5.02. The first kappa shape index (κ1) is 14.0. The number of carbonyl (C=O) groups excluding carboxylic acids is 2. The van der Waals surface area contributed by atoms with Crippen LogP contribution < -0.4 is 5.32 Å². The summed E-state index contributed by atoms with van der Waals surface area (Å²) in [4.78, 5) is 26.3. The zero-order valence-corrected chi connectivity index (χ0v) is 11.1. The van der Waals surface area contributed by atoms with E-state index < -0.39 is 6.09 Å². The SMILES string of the molecule is O=Cc1ccc(Cl)nc1NC(=O)OCc1ccccc1. The molecule has 1 heterocycles. The zero-order valence-electron chi connectivity index (χ0n) is 10.4. The van der Waals surface area contributed by atoms with E-state index in [9.17, 15) is 9.59 Å². The number of halogens is 1. The van der Waals surface area contributed by atoms with Gasteiger partial charge in [0.1, 0.15) is 17.6 Å². The molecule has 6 heteroatoms. The number of benzene rings is 1. The van der Waals surface area contributed by atoms with Gasteiger partial charge in [-0.05, 0) is 17.7 Å². The summed E-state index contributed by atoms with van der Waals surface area (Å²) in [5.41, 5.74) is 1.09. The third-order valence-corrected chi connectivity index (χ3v) is 2.66. The normalized spacial score (nSPS) is 9.85. The van der Waals surface area contributed by atoms with Crippen LogP contribution in [0.15, 0.2) is 42.5 Å². The van der Waals surface area contributed by atoms with E-state index in [1.165, 1.54) is 12.1 Å². The van der Waals surface area contributed by atoms with Crippen LogP contribution in [0.2, 0.25) is 5.15 Å². The average Bonchev–Trinajstić information content (AvgIpc) is 2.46. The van der Waals surface area contributed by atoms with Crippen LogP contribution >= 0.6 is 11.6 Å². The third kappa shape index (κ3) is 3.80. The van der Waals surface area contributed by atoms with E-state index in [-0.39, 0.29) is 23.1 Å². The standard InChI is InChI=1S/C14H11ClN2O3/c15-12-7-6-11(8-18)13(16-12)17-14(19)20-9-10-4-2-1-3-5-10/h1-8H,9H2,(H,16,17,19). The van der Waals surface area contributed by atoms with Gasteiger partial charge in [-0.1, -0.05) is 41.9 Å². The molecule has 102 valence electrons. The van der Waals surface area contributed by atoms with E-state index >= 15 is 0 Å². The largest absolute Gasteiger partial charge is 0.444 e. The molecule has 0 atom stereocenters. The van der Waals surface area contributed by atoms with Gasteiger partial charge in [-0.2, -0.15) is 0 Å². The van der Waals surface area contributed by atoms with Gasteiger partial charge in [0.2, 0.25) is 0 Å². The van der Waals surface area contributed by atoms with Crippen LogP contribution in [0.3, 0.4) is 0 Å². The number of ether oxygens (including phenoxy) is 1. The number of nitrogens with one attached hydrogen (secondary N) is 1. The molecule has 1 N–H and O–H groups in total. The number of nitrogens with zero attached hydrogens (tertiary/aromatic N) is 1. The van der Waals surface area contributed by atoms with Gasteiger partial charge in [-0.3, -0.25) is 10.1 Å². The molecule has 1 amide bonds. The summed E-state index contributed by atoms with van der Waals surface area (Å²) in [5.74, 6) is 0.0746. The van der Waals surface area contributed by atoms with Crippen LogP contribution in [0.1, 0.15) is 15.9 Å². The fraction of sp³-hybridized carbons (Fsp3) is 0.0714. The molecule has 0 spiro atoms. The van der Waals surface area contributed by atoms with Crippen LogP contribution in [0, 0.1) is 0 Å². The summed E-state index contributed by atoms with van der Waals surface area (Å²) in [6, 6.07) is 12.2. The zero-order chi connectivity index (χ0) is 14.4. The van der Waals surface area contributed by atoms with Crippen molar-refractivity contribution in [2.45, 2.75) is 6.61 Å². The lowest BCUT2D eigenvalue weighted by Gasteiger charge is -2.08. The highest BCUT2D eigenvalue weighted by atomic mass is 35.5. The number of aldehydes is 1. The summed E-state index contributed by atoms with van der Waals surface area (Å²) in [5, 5.41) is 2.56. The number of hydrogen-bond donors (Lipinski definition) is 1. The minimum absolute atomic E-state index is 0.0746. The number of hydrogen-bond acceptors (Lipinski definition) is 4. The molecule has 0 fully saturated rings. The minimum atomic E-state index is -0.702. The summed E-state index contributed by atoms with van der Waals surface area (Å²) in [6.45, 7) is 0.129. The molecular formula is C14H11ClN2O3. The smallest absolute Gasteiger partial charge is 0.413 e. The first-order valence-electron chi connectivity index (χ1n) is 5.78. The average molecular weight is 291 g/mol. The number of aromatic nitrogens is 1. The number of carbonyl (C=O) groups is 2. The fourth-order valence-corrected chi connectivity index (χ4v) is 1.64. The molecule has 1 aromatic carbocycles. The molecule has 0 aliphatic heterocycles. The Bertz CT molecular complexity index is 617. The van der Waals surface area contributed by atoms with Crippen molar-refractivity contribution in [3.63, 3.8) is 0 Å². The van der Waals surface area contributed by atoms with E-state index in [2.05, 4.69) is 10.3 Å². The second-order valence-corrected chi connectivity index (χ2v) is 4.26. The molecule has 0 saturated heterocycles. The Morgan fingerprint density at radius 3 is 2.70 bits per heavy atom. The van der Waals surface area contributed by atoms with Crippen LogP contribution in [-0.2, 0) is 11.3 Å². The van der Waals surface area contributed by atoms with Crippen molar-refractivity contribution >= 4 is 29.8 Å². The van der Waals surface area contributed by atoms with Gasteiger partial charge >= 0.3 is 6.09 Å². The Balaban J connectivity index is 1.98. The van der Waals surface area contributed by atoms with E-state index in [1.807, 2.05) is 30.3 Å². The molecule has 0 radical (unpaired) electrons. The summed E-state index contributed by atoms with van der Waals surface area (Å²) in [6.07, 6.45) is -0.123. The highest BCUT2D eigenvalue weighted by Crippen LogP contribution is 2.15. The summed E-state index contributed by atoms with van der Waals surface area (Å²) >= 11 is 5.71. The van der Waals surface area contributed by atoms with Gasteiger partial charge < -0.3 is 4.74 Å². The predicted molar refractivity (Wildman–Crippen MR) is 74.9 cm³/mol. The molecule has 1 aromatic heterocycles. The van der Waals surface area contributed by atoms with Crippen molar-refractivity contribution < 1.29 is 14.3 Å². The van der Waals surface area contributed by atoms with Gasteiger partial charge in [-0.15, -0.1) is 0 Å². The lowest BCUT2D eigenvalue weighted by molar-refractivity contribution is 0.112. The van der Waals surface area contributed by atoms with Gasteiger partial charge in [0, 0.05) is 0 Å². The van der Waals surface area contributed by atoms with Crippen molar-refractivity contribution in [2.75, 3.05) is 5.32 Å². The number of pyridine rings is 1. The molecule has 5 nitrogen and oxygen atoms in total. The molecule has 0 bridgehead atoms. The van der Waals surface area contributed by atoms with Crippen LogP contribution in [-0.4, -0.2) is 17.4 Å². The Hall–Kier alpha value is -2.40. The van der Waals surface area contributed by atoms with Crippen molar-refractivity contribution in [3.05, 3.63) is 58.7 Å². The highest BCUT2D eigenvalue weighted by molar-refractivity contribution is 6.29. The first-order chi connectivity index (χ1) is 9.69. The van der Waals surface area contributed by atoms with Gasteiger partial charge in [0.25, 0.3) is 0 Å². The van der Waals surface area contributed by atoms with E-state index in [0.717, 1.165) is 5.56 Å². The maximum absolute atomic E-state index is 11.6. The molecule has 0 aliphatic rings. The lowest BCUT2D eigenvalue weighted by atomic mass is 10.2. The monoisotopic (exact) mass is 290 g/mol.